The number of benzene rings is 2. The maximum Gasteiger partial charge on any atom is 0.349 e. The highest BCUT2D eigenvalue weighted by atomic mass is 16.7. The number of nitrogens with one attached hydrogen (secondary N) is 1. The predicted molar refractivity (Wildman–Crippen MR) is 108 cm³/mol. The average Bonchev–Trinajstić information content (AvgIpc) is 3.37. The molecule has 2 aliphatic rings. The Kier molecular flexibility index (Phi) is 4.39. The molecule has 3 heterocycles. The highest BCUT2D eigenvalue weighted by Gasteiger charge is 2.32. The smallest absolute Gasteiger partial charge is 0.349 e. The van der Waals surface area contributed by atoms with Gasteiger partial charge in [-0.2, -0.15) is 0 Å². The molecule has 1 saturated heterocycles. The number of para-hydroxylation sites is 1. The second-order valence-electron chi connectivity index (χ2n) is 7.31. The van der Waals surface area contributed by atoms with Gasteiger partial charge in [0.25, 0.3) is 5.91 Å². The number of carbonyl (C=O) groups excluding carboxylic acids is 2. The molecule has 0 aliphatic carbocycles. The zero-order chi connectivity index (χ0) is 20.7. The fraction of sp³-hybridized carbons (Fsp3) is 0.227. The summed E-state index contributed by atoms with van der Waals surface area (Å²) in [6, 6.07) is 13.9. The molecule has 0 bridgehead atoms. The minimum Gasteiger partial charge on any atom is -0.454 e. The van der Waals surface area contributed by atoms with Crippen LogP contribution >= 0.6 is 0 Å². The van der Waals surface area contributed by atoms with Gasteiger partial charge < -0.3 is 24.1 Å². The van der Waals surface area contributed by atoms with Gasteiger partial charge in [-0.1, -0.05) is 18.2 Å². The summed E-state index contributed by atoms with van der Waals surface area (Å²) < 4.78 is 15.9. The van der Waals surface area contributed by atoms with E-state index in [1.165, 1.54) is 6.07 Å². The topological polar surface area (TPSA) is 98.1 Å². The molecule has 0 saturated carbocycles. The molecule has 3 aromatic rings. The highest BCUT2D eigenvalue weighted by molar-refractivity contribution is 5.97. The molecule has 0 radical (unpaired) electrons. The van der Waals surface area contributed by atoms with Crippen LogP contribution < -0.4 is 25.3 Å². The van der Waals surface area contributed by atoms with Crippen LogP contribution in [0.1, 0.15) is 16.8 Å². The molecule has 1 unspecified atom stereocenters. The first kappa shape index (κ1) is 18.2. The second kappa shape index (κ2) is 7.22. The third-order valence-electron chi connectivity index (χ3n) is 5.31. The number of ether oxygens (including phenoxy) is 2. The number of anilines is 1. The minimum atomic E-state index is -0.685. The number of fused-ring (bicyclic) bond motifs is 2. The van der Waals surface area contributed by atoms with E-state index < -0.39 is 11.5 Å². The largest absolute Gasteiger partial charge is 0.454 e. The van der Waals surface area contributed by atoms with Gasteiger partial charge in [-0.3, -0.25) is 9.59 Å². The Morgan fingerprint density at radius 1 is 1.07 bits per heavy atom. The molecule has 1 N–H and O–H groups in total. The van der Waals surface area contributed by atoms with E-state index in [1.54, 1.807) is 41.3 Å². The molecule has 152 valence electrons. The highest BCUT2D eigenvalue weighted by Crippen LogP contribution is 2.37. The van der Waals surface area contributed by atoms with Crippen molar-refractivity contribution in [2.24, 2.45) is 5.92 Å². The molecule has 1 atom stereocenters. The van der Waals surface area contributed by atoms with E-state index >= 15 is 0 Å². The summed E-state index contributed by atoms with van der Waals surface area (Å²) in [6.07, 6.45) is 0.307. The van der Waals surface area contributed by atoms with Crippen LogP contribution in [0.4, 0.5) is 5.69 Å². The Balaban J connectivity index is 1.26. The van der Waals surface area contributed by atoms with Crippen LogP contribution in [0.5, 0.6) is 11.5 Å². The lowest BCUT2D eigenvalue weighted by Gasteiger charge is -2.17. The maximum atomic E-state index is 12.5. The average molecular weight is 406 g/mol. The van der Waals surface area contributed by atoms with Crippen molar-refractivity contribution in [3.8, 4) is 11.5 Å². The molecule has 0 spiro atoms. The molecule has 1 aromatic heterocycles. The van der Waals surface area contributed by atoms with Crippen molar-refractivity contribution >= 4 is 28.5 Å². The van der Waals surface area contributed by atoms with Crippen molar-refractivity contribution < 1.29 is 23.5 Å². The monoisotopic (exact) mass is 406 g/mol. The number of hydrogen-bond donors (Lipinski definition) is 1. The fourth-order valence-electron chi connectivity index (χ4n) is 3.77. The maximum absolute atomic E-state index is 12.5. The van der Waals surface area contributed by atoms with Gasteiger partial charge in [-0.05, 0) is 24.3 Å². The van der Waals surface area contributed by atoms with Crippen LogP contribution in [0, 0.1) is 5.92 Å². The summed E-state index contributed by atoms with van der Waals surface area (Å²) in [5.74, 6) is 0.657. The molecule has 1 fully saturated rings. The third kappa shape index (κ3) is 3.26. The van der Waals surface area contributed by atoms with Gasteiger partial charge in [-0.25, -0.2) is 4.79 Å². The lowest BCUT2D eigenvalue weighted by molar-refractivity contribution is -0.117. The molecule has 2 aliphatic heterocycles. The zero-order valence-corrected chi connectivity index (χ0v) is 15.9. The standard InChI is InChI=1S/C22H18N2O6/c25-20-7-13(11-24(20)15-5-6-18-19(9-15)29-12-28-18)10-23-21(26)16-8-14-3-1-2-4-17(14)30-22(16)27/h1-6,8-9,13H,7,10-12H2,(H,23,26). The Bertz CT molecular complexity index is 1220. The van der Waals surface area contributed by atoms with Gasteiger partial charge in [0.2, 0.25) is 12.7 Å². The number of rotatable bonds is 4. The van der Waals surface area contributed by atoms with Crippen LogP contribution in [0.2, 0.25) is 0 Å². The van der Waals surface area contributed by atoms with Crippen molar-refractivity contribution in [3.05, 3.63) is 64.5 Å². The molecule has 30 heavy (non-hydrogen) atoms. The van der Waals surface area contributed by atoms with E-state index in [2.05, 4.69) is 5.32 Å². The first-order valence-electron chi connectivity index (χ1n) is 9.59. The van der Waals surface area contributed by atoms with Crippen LogP contribution in [-0.4, -0.2) is 31.7 Å². The van der Waals surface area contributed by atoms with E-state index in [0.717, 1.165) is 5.69 Å². The molecule has 8 nitrogen and oxygen atoms in total. The fourth-order valence-corrected chi connectivity index (χ4v) is 3.77. The first-order chi connectivity index (χ1) is 14.6. The summed E-state index contributed by atoms with van der Waals surface area (Å²) in [5, 5.41) is 3.43. The van der Waals surface area contributed by atoms with Gasteiger partial charge in [0, 0.05) is 42.6 Å². The van der Waals surface area contributed by atoms with Crippen molar-refractivity contribution in [3.63, 3.8) is 0 Å². The van der Waals surface area contributed by atoms with E-state index in [9.17, 15) is 14.4 Å². The van der Waals surface area contributed by atoms with Crippen molar-refractivity contribution in [2.75, 3.05) is 24.8 Å². The van der Waals surface area contributed by atoms with Crippen LogP contribution in [-0.2, 0) is 4.79 Å². The normalized spacial score (nSPS) is 17.5. The van der Waals surface area contributed by atoms with Gasteiger partial charge in [0.05, 0.1) is 0 Å². The summed E-state index contributed by atoms with van der Waals surface area (Å²) in [5.41, 5.74) is 0.425. The zero-order valence-electron chi connectivity index (χ0n) is 15.9. The summed E-state index contributed by atoms with van der Waals surface area (Å²) in [4.78, 5) is 38.8. The molecule has 8 heteroatoms. The number of amides is 2. The molecular formula is C22H18N2O6. The molecular weight excluding hydrogens is 388 g/mol. The van der Waals surface area contributed by atoms with Crippen molar-refractivity contribution in [2.45, 2.75) is 6.42 Å². The lowest BCUT2D eigenvalue weighted by atomic mass is 10.1. The number of hydrogen-bond acceptors (Lipinski definition) is 6. The van der Waals surface area contributed by atoms with Gasteiger partial charge >= 0.3 is 5.63 Å². The summed E-state index contributed by atoms with van der Waals surface area (Å²) >= 11 is 0. The number of carbonyl (C=O) groups is 2. The van der Waals surface area contributed by atoms with Crippen molar-refractivity contribution in [1.82, 2.24) is 5.32 Å². The minimum absolute atomic E-state index is 0.0293. The lowest BCUT2D eigenvalue weighted by Crippen LogP contribution is -2.33. The van der Waals surface area contributed by atoms with Crippen LogP contribution in [0.3, 0.4) is 0 Å². The predicted octanol–water partition coefficient (Wildman–Crippen LogP) is 2.30. The summed E-state index contributed by atoms with van der Waals surface area (Å²) in [7, 11) is 0. The third-order valence-corrected chi connectivity index (χ3v) is 5.31. The van der Waals surface area contributed by atoms with Crippen LogP contribution in [0.15, 0.2) is 57.7 Å². The van der Waals surface area contributed by atoms with Gasteiger partial charge in [0.1, 0.15) is 11.1 Å². The van der Waals surface area contributed by atoms with E-state index in [4.69, 9.17) is 13.9 Å². The molecule has 5 rings (SSSR count). The van der Waals surface area contributed by atoms with E-state index in [1.807, 2.05) is 6.07 Å². The Labute approximate surface area is 171 Å². The van der Waals surface area contributed by atoms with Gasteiger partial charge in [0.15, 0.2) is 11.5 Å². The van der Waals surface area contributed by atoms with E-state index in [-0.39, 0.29) is 30.7 Å². The summed E-state index contributed by atoms with van der Waals surface area (Å²) in [6.45, 7) is 0.910. The number of nitrogens with zero attached hydrogens (tertiary/aromatic N) is 1. The molecule has 2 amide bonds. The Morgan fingerprint density at radius 2 is 1.90 bits per heavy atom. The van der Waals surface area contributed by atoms with E-state index in [0.29, 0.717) is 35.4 Å². The van der Waals surface area contributed by atoms with Crippen molar-refractivity contribution in [1.29, 1.82) is 0 Å². The second-order valence-corrected chi connectivity index (χ2v) is 7.31. The Morgan fingerprint density at radius 3 is 2.80 bits per heavy atom. The van der Waals surface area contributed by atoms with Gasteiger partial charge in [-0.15, -0.1) is 0 Å². The Hall–Kier alpha value is -3.81. The first-order valence-corrected chi connectivity index (χ1v) is 9.59. The quantitative estimate of drug-likeness (QED) is 0.668. The van der Waals surface area contributed by atoms with Crippen LogP contribution in [0.25, 0.3) is 11.0 Å². The molecule has 2 aromatic carbocycles. The SMILES string of the molecule is O=C(NCC1CC(=O)N(c2ccc3c(c2)OCO3)C1)c1cc2ccccc2oc1=O.